The van der Waals surface area contributed by atoms with Gasteiger partial charge >= 0.3 is 0 Å². The Balaban J connectivity index is 2.81. The van der Waals surface area contributed by atoms with E-state index in [4.69, 9.17) is 5.73 Å². The zero-order valence-corrected chi connectivity index (χ0v) is 11.0. The molecule has 4 nitrogen and oxygen atoms in total. The summed E-state index contributed by atoms with van der Waals surface area (Å²) in [7, 11) is 0. The van der Waals surface area contributed by atoms with Crippen molar-refractivity contribution in [2.45, 2.75) is 38.3 Å². The Labute approximate surface area is 108 Å². The SMILES string of the molecule is CCCC(N)C(=O)NC(C)(CO)c1ccccc1. The highest BCUT2D eigenvalue weighted by Gasteiger charge is 2.29. The van der Waals surface area contributed by atoms with E-state index < -0.39 is 11.6 Å². The molecular weight excluding hydrogens is 228 g/mol. The van der Waals surface area contributed by atoms with Gasteiger partial charge in [0.1, 0.15) is 0 Å². The van der Waals surface area contributed by atoms with Crippen LogP contribution in [0.4, 0.5) is 0 Å². The fourth-order valence-electron chi connectivity index (χ4n) is 1.82. The van der Waals surface area contributed by atoms with E-state index in [2.05, 4.69) is 5.32 Å². The Morgan fingerprint density at radius 2 is 2.06 bits per heavy atom. The van der Waals surface area contributed by atoms with Gasteiger partial charge in [-0.3, -0.25) is 4.79 Å². The lowest BCUT2D eigenvalue weighted by atomic mass is 9.92. The van der Waals surface area contributed by atoms with Crippen LogP contribution < -0.4 is 11.1 Å². The molecule has 0 heterocycles. The lowest BCUT2D eigenvalue weighted by Gasteiger charge is -2.30. The van der Waals surface area contributed by atoms with Crippen molar-refractivity contribution in [3.8, 4) is 0 Å². The minimum atomic E-state index is -0.788. The Morgan fingerprint density at radius 1 is 1.44 bits per heavy atom. The van der Waals surface area contributed by atoms with Gasteiger partial charge in [0.25, 0.3) is 0 Å². The van der Waals surface area contributed by atoms with E-state index in [1.807, 2.05) is 37.3 Å². The van der Waals surface area contributed by atoms with Crippen molar-refractivity contribution in [3.63, 3.8) is 0 Å². The maximum Gasteiger partial charge on any atom is 0.237 e. The van der Waals surface area contributed by atoms with E-state index in [0.29, 0.717) is 6.42 Å². The standard InChI is InChI=1S/C14H22N2O2/c1-3-7-12(15)13(18)16-14(2,10-17)11-8-5-4-6-9-11/h4-6,8-9,12,17H,3,7,10,15H2,1-2H3,(H,16,18). The average Bonchev–Trinajstić information content (AvgIpc) is 2.39. The first-order chi connectivity index (χ1) is 8.53. The molecule has 0 saturated carbocycles. The minimum Gasteiger partial charge on any atom is -0.394 e. The molecule has 0 radical (unpaired) electrons. The molecule has 2 unspecified atom stereocenters. The largest absolute Gasteiger partial charge is 0.394 e. The summed E-state index contributed by atoms with van der Waals surface area (Å²) in [6, 6.07) is 8.88. The third-order valence-corrected chi connectivity index (χ3v) is 3.06. The molecule has 18 heavy (non-hydrogen) atoms. The molecular formula is C14H22N2O2. The number of aliphatic hydroxyl groups excluding tert-OH is 1. The summed E-state index contributed by atoms with van der Waals surface area (Å²) in [5, 5.41) is 12.4. The molecule has 1 aromatic rings. The van der Waals surface area contributed by atoms with E-state index in [9.17, 15) is 9.90 Å². The number of nitrogens with one attached hydrogen (secondary N) is 1. The normalized spacial score (nSPS) is 15.8. The van der Waals surface area contributed by atoms with Crippen molar-refractivity contribution in [1.82, 2.24) is 5.32 Å². The van der Waals surface area contributed by atoms with Crippen LogP contribution in [0.3, 0.4) is 0 Å². The van der Waals surface area contributed by atoms with Gasteiger partial charge in [0, 0.05) is 0 Å². The van der Waals surface area contributed by atoms with Crippen molar-refractivity contribution >= 4 is 5.91 Å². The van der Waals surface area contributed by atoms with E-state index in [-0.39, 0.29) is 12.5 Å². The molecule has 0 aromatic heterocycles. The molecule has 4 N–H and O–H groups in total. The van der Waals surface area contributed by atoms with Crippen molar-refractivity contribution in [3.05, 3.63) is 35.9 Å². The van der Waals surface area contributed by atoms with Crippen LogP contribution >= 0.6 is 0 Å². The van der Waals surface area contributed by atoms with Gasteiger partial charge in [0.2, 0.25) is 5.91 Å². The predicted molar refractivity (Wildman–Crippen MR) is 71.9 cm³/mol. The first kappa shape index (κ1) is 14.7. The van der Waals surface area contributed by atoms with Gasteiger partial charge in [0.15, 0.2) is 0 Å². The van der Waals surface area contributed by atoms with Gasteiger partial charge in [-0.15, -0.1) is 0 Å². The van der Waals surface area contributed by atoms with Gasteiger partial charge in [-0.25, -0.2) is 0 Å². The van der Waals surface area contributed by atoms with Crippen LogP contribution in [-0.4, -0.2) is 23.7 Å². The van der Waals surface area contributed by atoms with Gasteiger partial charge in [-0.1, -0.05) is 43.7 Å². The molecule has 0 bridgehead atoms. The number of hydrogen-bond donors (Lipinski definition) is 3. The van der Waals surface area contributed by atoms with E-state index >= 15 is 0 Å². The maximum absolute atomic E-state index is 11.9. The van der Waals surface area contributed by atoms with Crippen LogP contribution in [0.15, 0.2) is 30.3 Å². The lowest BCUT2D eigenvalue weighted by molar-refractivity contribution is -0.125. The summed E-state index contributed by atoms with van der Waals surface area (Å²) < 4.78 is 0. The second-order valence-electron chi connectivity index (χ2n) is 4.74. The number of nitrogens with two attached hydrogens (primary N) is 1. The van der Waals surface area contributed by atoms with Crippen LogP contribution in [0.25, 0.3) is 0 Å². The zero-order valence-electron chi connectivity index (χ0n) is 11.0. The first-order valence-corrected chi connectivity index (χ1v) is 6.27. The van der Waals surface area contributed by atoms with Crippen molar-refractivity contribution in [2.75, 3.05) is 6.61 Å². The van der Waals surface area contributed by atoms with E-state index in [1.54, 1.807) is 6.92 Å². The van der Waals surface area contributed by atoms with Crippen molar-refractivity contribution in [1.29, 1.82) is 0 Å². The van der Waals surface area contributed by atoms with Crippen LogP contribution in [0.5, 0.6) is 0 Å². The second-order valence-corrected chi connectivity index (χ2v) is 4.74. The summed E-state index contributed by atoms with van der Waals surface area (Å²) in [5.74, 6) is -0.225. The molecule has 2 atom stereocenters. The van der Waals surface area contributed by atoms with E-state index in [0.717, 1.165) is 12.0 Å². The predicted octanol–water partition coefficient (Wildman–Crippen LogP) is 1.14. The molecule has 0 aliphatic rings. The number of amides is 1. The fourth-order valence-corrected chi connectivity index (χ4v) is 1.82. The summed E-state index contributed by atoms with van der Waals surface area (Å²) in [4.78, 5) is 11.9. The molecule has 100 valence electrons. The number of hydrogen-bond acceptors (Lipinski definition) is 3. The van der Waals surface area contributed by atoms with Gasteiger partial charge in [0.05, 0.1) is 18.2 Å². The van der Waals surface area contributed by atoms with Crippen LogP contribution in [0, 0.1) is 0 Å². The second kappa shape index (κ2) is 6.52. The molecule has 0 fully saturated rings. The van der Waals surface area contributed by atoms with Crippen molar-refractivity contribution < 1.29 is 9.90 Å². The highest BCUT2D eigenvalue weighted by Crippen LogP contribution is 2.19. The topological polar surface area (TPSA) is 75.4 Å². The number of carbonyl (C=O) groups is 1. The highest BCUT2D eigenvalue weighted by molar-refractivity contribution is 5.82. The molecule has 0 spiro atoms. The Morgan fingerprint density at radius 3 is 2.56 bits per heavy atom. The van der Waals surface area contributed by atoms with Gasteiger partial charge in [-0.2, -0.15) is 0 Å². The zero-order chi connectivity index (χ0) is 13.6. The summed E-state index contributed by atoms with van der Waals surface area (Å²) in [6.45, 7) is 3.61. The quantitative estimate of drug-likeness (QED) is 0.708. The molecule has 1 rings (SSSR count). The van der Waals surface area contributed by atoms with Crippen LogP contribution in [0.1, 0.15) is 32.3 Å². The minimum absolute atomic E-state index is 0.165. The average molecular weight is 250 g/mol. The Kier molecular flexibility index (Phi) is 5.31. The smallest absolute Gasteiger partial charge is 0.237 e. The molecule has 4 heteroatoms. The summed E-state index contributed by atoms with van der Waals surface area (Å²) in [6.07, 6.45) is 1.50. The molecule has 0 aliphatic heterocycles. The maximum atomic E-state index is 11.9. The fraction of sp³-hybridized carbons (Fsp3) is 0.500. The third-order valence-electron chi connectivity index (χ3n) is 3.06. The lowest BCUT2D eigenvalue weighted by Crippen LogP contribution is -2.52. The number of aliphatic hydroxyl groups is 1. The summed E-state index contributed by atoms with van der Waals surface area (Å²) >= 11 is 0. The number of carbonyl (C=O) groups excluding carboxylic acids is 1. The number of benzene rings is 1. The Bertz CT molecular complexity index is 381. The van der Waals surface area contributed by atoms with E-state index in [1.165, 1.54) is 0 Å². The van der Waals surface area contributed by atoms with Crippen LogP contribution in [0.2, 0.25) is 0 Å². The monoisotopic (exact) mass is 250 g/mol. The Hall–Kier alpha value is -1.39. The van der Waals surface area contributed by atoms with Gasteiger partial charge < -0.3 is 16.2 Å². The third kappa shape index (κ3) is 3.55. The van der Waals surface area contributed by atoms with Crippen molar-refractivity contribution in [2.24, 2.45) is 5.73 Å². The molecule has 1 amide bonds. The molecule has 0 saturated heterocycles. The molecule has 0 aliphatic carbocycles. The number of rotatable bonds is 6. The molecule has 1 aromatic carbocycles. The first-order valence-electron chi connectivity index (χ1n) is 6.27. The van der Waals surface area contributed by atoms with Gasteiger partial charge in [-0.05, 0) is 18.9 Å². The highest BCUT2D eigenvalue weighted by atomic mass is 16.3. The van der Waals surface area contributed by atoms with Crippen LogP contribution in [-0.2, 0) is 10.3 Å². The summed E-state index contributed by atoms with van der Waals surface area (Å²) in [5.41, 5.74) is 5.85.